The van der Waals surface area contributed by atoms with Crippen LogP contribution in [0.25, 0.3) is 0 Å². The van der Waals surface area contributed by atoms with Gasteiger partial charge in [0, 0.05) is 6.20 Å². The highest BCUT2D eigenvalue weighted by molar-refractivity contribution is 7.13. The number of rotatable bonds is 4. The Morgan fingerprint density at radius 1 is 1.83 bits per heavy atom. The van der Waals surface area contributed by atoms with Crippen molar-refractivity contribution >= 4 is 11.3 Å². The molecule has 0 aliphatic heterocycles. The molecule has 1 aromatic rings. The van der Waals surface area contributed by atoms with E-state index >= 15 is 0 Å². The summed E-state index contributed by atoms with van der Waals surface area (Å²) in [6.07, 6.45) is 1.67. The molecule has 0 bridgehead atoms. The Labute approximate surface area is 75.0 Å². The lowest BCUT2D eigenvalue weighted by atomic mass is 10.2. The van der Waals surface area contributed by atoms with E-state index in [-0.39, 0.29) is 0 Å². The SMILES string of the molecule is COc1ncc(C(O)CCN)s1. The summed E-state index contributed by atoms with van der Waals surface area (Å²) >= 11 is 1.34. The number of thiazole rings is 1. The van der Waals surface area contributed by atoms with Crippen LogP contribution in [0.1, 0.15) is 17.4 Å². The van der Waals surface area contributed by atoms with E-state index in [0.29, 0.717) is 18.2 Å². The minimum atomic E-state index is -0.503. The first-order valence-corrected chi connectivity index (χ1v) is 4.47. The predicted molar refractivity (Wildman–Crippen MR) is 47.3 cm³/mol. The minimum Gasteiger partial charge on any atom is -0.473 e. The van der Waals surface area contributed by atoms with Gasteiger partial charge in [0.05, 0.1) is 18.1 Å². The fourth-order valence-electron chi connectivity index (χ4n) is 0.818. The predicted octanol–water partition coefficient (Wildman–Crippen LogP) is 0.534. The van der Waals surface area contributed by atoms with Gasteiger partial charge in [-0.3, -0.25) is 0 Å². The van der Waals surface area contributed by atoms with Gasteiger partial charge in [-0.15, -0.1) is 0 Å². The highest BCUT2D eigenvalue weighted by Crippen LogP contribution is 2.26. The number of aromatic nitrogens is 1. The van der Waals surface area contributed by atoms with Gasteiger partial charge in [0.1, 0.15) is 0 Å². The largest absolute Gasteiger partial charge is 0.473 e. The molecule has 1 rings (SSSR count). The Kier molecular flexibility index (Phi) is 3.46. The summed E-state index contributed by atoms with van der Waals surface area (Å²) in [5.74, 6) is 0. The quantitative estimate of drug-likeness (QED) is 0.723. The molecule has 68 valence electrons. The Morgan fingerprint density at radius 3 is 3.08 bits per heavy atom. The van der Waals surface area contributed by atoms with Crippen molar-refractivity contribution in [2.45, 2.75) is 12.5 Å². The average molecular weight is 188 g/mol. The lowest BCUT2D eigenvalue weighted by Gasteiger charge is -2.03. The van der Waals surface area contributed by atoms with Gasteiger partial charge in [-0.05, 0) is 13.0 Å². The monoisotopic (exact) mass is 188 g/mol. The smallest absolute Gasteiger partial charge is 0.273 e. The molecule has 1 unspecified atom stereocenters. The maximum absolute atomic E-state index is 9.46. The molecule has 12 heavy (non-hydrogen) atoms. The molecule has 0 saturated carbocycles. The molecule has 0 spiro atoms. The first-order valence-electron chi connectivity index (χ1n) is 3.65. The molecular weight excluding hydrogens is 176 g/mol. The van der Waals surface area contributed by atoms with Gasteiger partial charge >= 0.3 is 0 Å². The van der Waals surface area contributed by atoms with Crippen LogP contribution in [-0.2, 0) is 0 Å². The van der Waals surface area contributed by atoms with Crippen LogP contribution in [0, 0.1) is 0 Å². The fourth-order valence-corrected chi connectivity index (χ4v) is 1.57. The normalized spacial score (nSPS) is 12.9. The highest BCUT2D eigenvalue weighted by Gasteiger charge is 2.10. The molecule has 0 aromatic carbocycles. The van der Waals surface area contributed by atoms with Gasteiger partial charge in [-0.1, -0.05) is 11.3 Å². The second-order valence-electron chi connectivity index (χ2n) is 2.33. The molecule has 4 nitrogen and oxygen atoms in total. The summed E-state index contributed by atoms with van der Waals surface area (Å²) in [6, 6.07) is 0. The summed E-state index contributed by atoms with van der Waals surface area (Å²) < 4.78 is 4.89. The van der Waals surface area contributed by atoms with Gasteiger partial charge < -0.3 is 15.6 Å². The Hall–Kier alpha value is -0.650. The van der Waals surface area contributed by atoms with Crippen LogP contribution in [-0.4, -0.2) is 23.7 Å². The molecule has 1 aromatic heterocycles. The lowest BCUT2D eigenvalue weighted by Crippen LogP contribution is -2.05. The van der Waals surface area contributed by atoms with Crippen molar-refractivity contribution in [2.24, 2.45) is 5.73 Å². The number of nitrogens with zero attached hydrogens (tertiary/aromatic N) is 1. The molecule has 5 heteroatoms. The van der Waals surface area contributed by atoms with E-state index in [2.05, 4.69) is 4.98 Å². The Bertz CT molecular complexity index is 239. The molecule has 1 atom stereocenters. The number of nitrogens with two attached hydrogens (primary N) is 1. The number of hydrogen-bond donors (Lipinski definition) is 2. The molecule has 0 fully saturated rings. The van der Waals surface area contributed by atoms with E-state index in [9.17, 15) is 5.11 Å². The Morgan fingerprint density at radius 2 is 2.58 bits per heavy atom. The van der Waals surface area contributed by atoms with Crippen molar-refractivity contribution in [3.8, 4) is 5.19 Å². The van der Waals surface area contributed by atoms with Gasteiger partial charge in [-0.2, -0.15) is 0 Å². The van der Waals surface area contributed by atoms with Crippen LogP contribution in [0.3, 0.4) is 0 Å². The summed E-state index contributed by atoms with van der Waals surface area (Å²) in [6.45, 7) is 0.474. The fraction of sp³-hybridized carbons (Fsp3) is 0.571. The van der Waals surface area contributed by atoms with E-state index in [1.807, 2.05) is 0 Å². The topological polar surface area (TPSA) is 68.4 Å². The molecule has 1 heterocycles. The molecule has 0 saturated heterocycles. The molecule has 0 radical (unpaired) electrons. The van der Waals surface area contributed by atoms with Crippen molar-refractivity contribution < 1.29 is 9.84 Å². The van der Waals surface area contributed by atoms with Crippen molar-refractivity contribution in [2.75, 3.05) is 13.7 Å². The second kappa shape index (κ2) is 4.39. The minimum absolute atomic E-state index is 0.474. The van der Waals surface area contributed by atoms with Gasteiger partial charge in [-0.25, -0.2) is 4.98 Å². The number of aliphatic hydroxyl groups excluding tert-OH is 1. The summed E-state index contributed by atoms with van der Waals surface area (Å²) in [5, 5.41) is 10.0. The number of methoxy groups -OCH3 is 1. The van der Waals surface area contributed by atoms with E-state index in [1.165, 1.54) is 11.3 Å². The average Bonchev–Trinajstić information content (AvgIpc) is 2.52. The standard InChI is InChI=1S/C7H12N2O2S/c1-11-7-9-4-6(12-7)5(10)2-3-8/h4-5,10H,2-3,8H2,1H3. The summed E-state index contributed by atoms with van der Waals surface area (Å²) in [7, 11) is 1.55. The third-order valence-corrected chi connectivity index (χ3v) is 2.51. The van der Waals surface area contributed by atoms with Gasteiger partial charge in [0.15, 0.2) is 0 Å². The van der Waals surface area contributed by atoms with Crippen molar-refractivity contribution in [3.05, 3.63) is 11.1 Å². The Balaban J connectivity index is 2.61. The van der Waals surface area contributed by atoms with Crippen LogP contribution in [0.2, 0.25) is 0 Å². The lowest BCUT2D eigenvalue weighted by molar-refractivity contribution is 0.174. The zero-order valence-corrected chi connectivity index (χ0v) is 7.67. The maximum atomic E-state index is 9.46. The van der Waals surface area contributed by atoms with Gasteiger partial charge in [0.2, 0.25) is 0 Å². The molecule has 0 aliphatic rings. The van der Waals surface area contributed by atoms with Crippen LogP contribution >= 0.6 is 11.3 Å². The third kappa shape index (κ3) is 2.17. The zero-order valence-electron chi connectivity index (χ0n) is 6.86. The molecular formula is C7H12N2O2S. The number of ether oxygens (including phenoxy) is 1. The molecule has 3 N–H and O–H groups in total. The number of aliphatic hydroxyl groups is 1. The van der Waals surface area contributed by atoms with Crippen LogP contribution in [0.15, 0.2) is 6.20 Å². The highest BCUT2D eigenvalue weighted by atomic mass is 32.1. The van der Waals surface area contributed by atoms with Crippen LogP contribution < -0.4 is 10.5 Å². The second-order valence-corrected chi connectivity index (χ2v) is 3.35. The van der Waals surface area contributed by atoms with Crippen molar-refractivity contribution in [1.29, 1.82) is 0 Å². The summed E-state index contributed by atoms with van der Waals surface area (Å²) in [4.78, 5) is 4.74. The van der Waals surface area contributed by atoms with Crippen LogP contribution in [0.4, 0.5) is 0 Å². The van der Waals surface area contributed by atoms with E-state index in [1.54, 1.807) is 13.3 Å². The molecule has 0 amide bonds. The first-order chi connectivity index (χ1) is 5.77. The number of hydrogen-bond acceptors (Lipinski definition) is 5. The van der Waals surface area contributed by atoms with Gasteiger partial charge in [0.25, 0.3) is 5.19 Å². The zero-order chi connectivity index (χ0) is 8.97. The molecule has 0 aliphatic carbocycles. The third-order valence-electron chi connectivity index (χ3n) is 1.45. The van der Waals surface area contributed by atoms with Crippen LogP contribution in [0.5, 0.6) is 5.19 Å². The van der Waals surface area contributed by atoms with Crippen molar-refractivity contribution in [1.82, 2.24) is 4.98 Å². The van der Waals surface area contributed by atoms with Crippen molar-refractivity contribution in [3.63, 3.8) is 0 Å². The summed E-state index contributed by atoms with van der Waals surface area (Å²) in [5.41, 5.74) is 5.30. The first kappa shape index (κ1) is 9.44. The van der Waals surface area contributed by atoms with E-state index < -0.39 is 6.10 Å². The maximum Gasteiger partial charge on any atom is 0.273 e. The van der Waals surface area contributed by atoms with E-state index in [4.69, 9.17) is 10.5 Å². The van der Waals surface area contributed by atoms with E-state index in [0.717, 1.165) is 4.88 Å².